The summed E-state index contributed by atoms with van der Waals surface area (Å²) < 4.78 is 5.31. The van der Waals surface area contributed by atoms with E-state index in [4.69, 9.17) is 10.5 Å². The first-order valence-electron chi connectivity index (χ1n) is 12.7. The third-order valence-corrected chi connectivity index (χ3v) is 5.70. The largest absolute Gasteiger partial charge is 0.461 e. The molecule has 0 aromatic rings. The number of hydrogen-bond donors (Lipinski definition) is 2. The Morgan fingerprint density at radius 1 is 0.774 bits per heavy atom. The lowest BCUT2D eigenvalue weighted by Gasteiger charge is -2.19. The summed E-state index contributed by atoms with van der Waals surface area (Å²) in [5.74, 6) is -1.15. The molecule has 0 saturated carbocycles. The van der Waals surface area contributed by atoms with Gasteiger partial charge < -0.3 is 15.8 Å². The molecule has 0 heterocycles. The third-order valence-electron chi connectivity index (χ3n) is 5.70. The van der Waals surface area contributed by atoms with Gasteiger partial charge in [-0.15, -0.1) is 0 Å². The van der Waals surface area contributed by atoms with E-state index in [0.717, 1.165) is 19.3 Å². The van der Waals surface area contributed by atoms with E-state index in [2.05, 4.69) is 12.2 Å². The van der Waals surface area contributed by atoms with Crippen LogP contribution in [0.15, 0.2) is 0 Å². The summed E-state index contributed by atoms with van der Waals surface area (Å²) in [6.45, 7) is 5.97. The van der Waals surface area contributed by atoms with E-state index >= 15 is 0 Å². The average molecular weight is 441 g/mol. The molecule has 6 heteroatoms. The van der Waals surface area contributed by atoms with E-state index < -0.39 is 17.9 Å². The van der Waals surface area contributed by atoms with Gasteiger partial charge in [-0.05, 0) is 26.2 Å². The summed E-state index contributed by atoms with van der Waals surface area (Å²) >= 11 is 0. The molecule has 0 aliphatic carbocycles. The summed E-state index contributed by atoms with van der Waals surface area (Å²) in [6.07, 6.45) is 17.4. The third kappa shape index (κ3) is 18.9. The summed E-state index contributed by atoms with van der Waals surface area (Å²) in [4.78, 5) is 35.5. The van der Waals surface area contributed by atoms with E-state index in [1.807, 2.05) is 6.92 Å². The predicted molar refractivity (Wildman–Crippen MR) is 127 cm³/mol. The maximum Gasteiger partial charge on any atom is 0.328 e. The number of primary amides is 1. The molecule has 6 nitrogen and oxygen atoms in total. The highest BCUT2D eigenvalue weighted by Gasteiger charge is 2.24. The Kier molecular flexibility index (Phi) is 19.3. The number of carbonyl (C=O) groups is 3. The zero-order chi connectivity index (χ0) is 23.3. The van der Waals surface area contributed by atoms with Gasteiger partial charge in [0.25, 0.3) is 0 Å². The second kappa shape index (κ2) is 20.3. The smallest absolute Gasteiger partial charge is 0.328 e. The van der Waals surface area contributed by atoms with Crippen LogP contribution in [0.2, 0.25) is 0 Å². The van der Waals surface area contributed by atoms with Crippen molar-refractivity contribution in [1.29, 1.82) is 0 Å². The predicted octanol–water partition coefficient (Wildman–Crippen LogP) is 5.56. The molecule has 0 saturated heterocycles. The van der Waals surface area contributed by atoms with Crippen LogP contribution in [0, 0.1) is 0 Å². The molecule has 2 atom stereocenters. The van der Waals surface area contributed by atoms with Crippen molar-refractivity contribution in [2.75, 3.05) is 0 Å². The van der Waals surface area contributed by atoms with Crippen molar-refractivity contribution in [3.05, 3.63) is 0 Å². The minimum atomic E-state index is -0.809. The number of nitrogens with two attached hydrogens (primary N) is 1. The molecule has 0 radical (unpaired) electrons. The molecular formula is C25H48N2O4. The van der Waals surface area contributed by atoms with Crippen molar-refractivity contribution in [2.45, 2.75) is 142 Å². The molecule has 2 amide bonds. The van der Waals surface area contributed by atoms with Gasteiger partial charge in [0.1, 0.15) is 6.04 Å². The molecule has 0 aromatic heterocycles. The first-order chi connectivity index (χ1) is 14.9. The maximum atomic E-state index is 12.3. The lowest BCUT2D eigenvalue weighted by Crippen LogP contribution is -2.43. The molecule has 0 aromatic carbocycles. The van der Waals surface area contributed by atoms with Crippen molar-refractivity contribution in [3.8, 4) is 0 Å². The Balaban J connectivity index is 3.87. The van der Waals surface area contributed by atoms with Crippen LogP contribution >= 0.6 is 0 Å². The van der Waals surface area contributed by atoms with Crippen LogP contribution in [0.5, 0.6) is 0 Å². The van der Waals surface area contributed by atoms with Crippen molar-refractivity contribution >= 4 is 17.8 Å². The fourth-order valence-electron chi connectivity index (χ4n) is 3.47. The summed E-state index contributed by atoms with van der Waals surface area (Å²) in [5.41, 5.74) is 5.18. The van der Waals surface area contributed by atoms with Gasteiger partial charge in [-0.25, -0.2) is 4.79 Å². The number of rotatable bonds is 21. The number of nitrogens with one attached hydrogen (secondary N) is 1. The Labute approximate surface area is 190 Å². The molecule has 1 unspecified atom stereocenters. The SMILES string of the molecule is CCCCCCCCCCCCCCCC(=O)N[C@@H](CCC(N)=O)C(=O)OC(C)CC. The van der Waals surface area contributed by atoms with Gasteiger partial charge >= 0.3 is 5.97 Å². The lowest BCUT2D eigenvalue weighted by atomic mass is 10.0. The Hall–Kier alpha value is -1.59. The molecule has 0 fully saturated rings. The van der Waals surface area contributed by atoms with Crippen LogP contribution < -0.4 is 11.1 Å². The zero-order valence-electron chi connectivity index (χ0n) is 20.4. The molecular weight excluding hydrogens is 392 g/mol. The highest BCUT2D eigenvalue weighted by atomic mass is 16.5. The fourth-order valence-corrected chi connectivity index (χ4v) is 3.47. The van der Waals surface area contributed by atoms with Gasteiger partial charge in [-0.3, -0.25) is 9.59 Å². The molecule has 31 heavy (non-hydrogen) atoms. The van der Waals surface area contributed by atoms with E-state index in [1.165, 1.54) is 64.2 Å². The maximum absolute atomic E-state index is 12.3. The van der Waals surface area contributed by atoms with Crippen LogP contribution in [-0.4, -0.2) is 29.9 Å². The first kappa shape index (κ1) is 29.4. The van der Waals surface area contributed by atoms with Crippen molar-refractivity contribution in [3.63, 3.8) is 0 Å². The van der Waals surface area contributed by atoms with E-state index in [9.17, 15) is 14.4 Å². The van der Waals surface area contributed by atoms with Crippen molar-refractivity contribution in [1.82, 2.24) is 5.32 Å². The minimum absolute atomic E-state index is 0.0410. The normalized spacial score (nSPS) is 12.9. The quantitative estimate of drug-likeness (QED) is 0.180. The second-order valence-corrected chi connectivity index (χ2v) is 8.77. The van der Waals surface area contributed by atoms with Crippen molar-refractivity contribution < 1.29 is 19.1 Å². The van der Waals surface area contributed by atoms with Crippen LogP contribution in [0.3, 0.4) is 0 Å². The number of esters is 1. The van der Waals surface area contributed by atoms with Gasteiger partial charge in [0.15, 0.2) is 0 Å². The van der Waals surface area contributed by atoms with Gasteiger partial charge in [0.05, 0.1) is 6.10 Å². The number of ether oxygens (including phenoxy) is 1. The monoisotopic (exact) mass is 440 g/mol. The van der Waals surface area contributed by atoms with Crippen molar-refractivity contribution in [2.24, 2.45) is 5.73 Å². The van der Waals surface area contributed by atoms with Crippen LogP contribution in [0.1, 0.15) is 130 Å². The topological polar surface area (TPSA) is 98.5 Å². The zero-order valence-corrected chi connectivity index (χ0v) is 20.4. The molecule has 0 aliphatic rings. The minimum Gasteiger partial charge on any atom is -0.461 e. The Bertz CT molecular complexity index is 482. The number of unbranched alkanes of at least 4 members (excludes halogenated alkanes) is 12. The highest BCUT2D eigenvalue weighted by Crippen LogP contribution is 2.13. The van der Waals surface area contributed by atoms with Gasteiger partial charge in [0.2, 0.25) is 11.8 Å². The number of hydrogen-bond acceptors (Lipinski definition) is 4. The Morgan fingerprint density at radius 3 is 1.71 bits per heavy atom. The van der Waals surface area contributed by atoms with E-state index in [1.54, 1.807) is 6.92 Å². The fraction of sp³-hybridized carbons (Fsp3) is 0.880. The van der Waals surface area contributed by atoms with Gasteiger partial charge in [-0.1, -0.05) is 90.9 Å². The standard InChI is InChI=1S/C25H48N2O4/c1-4-6-7-8-9-10-11-12-13-14-15-16-17-18-24(29)27-22(19-20-23(26)28)25(30)31-21(3)5-2/h21-22H,4-20H2,1-3H3,(H2,26,28)(H,27,29)/t21?,22-/m0/s1. The summed E-state index contributed by atoms with van der Waals surface area (Å²) in [5, 5.41) is 2.72. The summed E-state index contributed by atoms with van der Waals surface area (Å²) in [6, 6.07) is -0.809. The highest BCUT2D eigenvalue weighted by molar-refractivity contribution is 5.85. The molecule has 0 rings (SSSR count). The number of carbonyl (C=O) groups excluding carboxylic acids is 3. The molecule has 3 N–H and O–H groups in total. The lowest BCUT2D eigenvalue weighted by molar-refractivity contribution is -0.152. The number of amides is 2. The summed E-state index contributed by atoms with van der Waals surface area (Å²) in [7, 11) is 0. The van der Waals surface area contributed by atoms with E-state index in [-0.39, 0.29) is 24.9 Å². The molecule has 0 aliphatic heterocycles. The van der Waals surface area contributed by atoms with Gasteiger partial charge in [0, 0.05) is 12.8 Å². The van der Waals surface area contributed by atoms with Crippen LogP contribution in [-0.2, 0) is 19.1 Å². The van der Waals surface area contributed by atoms with E-state index in [0.29, 0.717) is 12.8 Å². The van der Waals surface area contributed by atoms with Gasteiger partial charge in [-0.2, -0.15) is 0 Å². The molecule has 0 spiro atoms. The first-order valence-corrected chi connectivity index (χ1v) is 12.7. The average Bonchev–Trinajstić information content (AvgIpc) is 2.73. The van der Waals surface area contributed by atoms with Crippen LogP contribution in [0.4, 0.5) is 0 Å². The molecule has 182 valence electrons. The molecule has 0 bridgehead atoms. The second-order valence-electron chi connectivity index (χ2n) is 8.77. The van der Waals surface area contributed by atoms with Crippen LogP contribution in [0.25, 0.3) is 0 Å². The Morgan fingerprint density at radius 2 is 1.26 bits per heavy atom.